The van der Waals surface area contributed by atoms with Gasteiger partial charge in [0.05, 0.1) is 12.7 Å². The van der Waals surface area contributed by atoms with E-state index in [1.807, 2.05) is 0 Å². The van der Waals surface area contributed by atoms with Crippen LogP contribution in [0.4, 0.5) is 0 Å². The second-order valence-corrected chi connectivity index (χ2v) is 5.08. The zero-order valence-electron chi connectivity index (χ0n) is 10.4. The number of rotatable bonds is 4. The van der Waals surface area contributed by atoms with Gasteiger partial charge in [0, 0.05) is 25.3 Å². The topological polar surface area (TPSA) is 30.5 Å². The van der Waals surface area contributed by atoms with Crippen molar-refractivity contribution < 1.29 is 9.47 Å². The second-order valence-electron chi connectivity index (χ2n) is 5.08. The fourth-order valence-corrected chi connectivity index (χ4v) is 2.76. The lowest BCUT2D eigenvalue weighted by Gasteiger charge is -2.34. The van der Waals surface area contributed by atoms with Crippen LogP contribution >= 0.6 is 0 Å². The van der Waals surface area contributed by atoms with Crippen molar-refractivity contribution in [3.8, 4) is 0 Å². The first-order valence-electron chi connectivity index (χ1n) is 6.84. The van der Waals surface area contributed by atoms with Crippen molar-refractivity contribution in [1.82, 2.24) is 5.32 Å². The van der Waals surface area contributed by atoms with E-state index in [4.69, 9.17) is 9.47 Å². The Hall–Kier alpha value is -0.120. The second kappa shape index (κ2) is 6.58. The summed E-state index contributed by atoms with van der Waals surface area (Å²) in [5.74, 6) is 0. The van der Waals surface area contributed by atoms with E-state index < -0.39 is 0 Å². The maximum Gasteiger partial charge on any atom is 0.0619 e. The summed E-state index contributed by atoms with van der Waals surface area (Å²) < 4.78 is 11.3. The first kappa shape index (κ1) is 12.3. The summed E-state index contributed by atoms with van der Waals surface area (Å²) in [6.45, 7) is 5.01. The van der Waals surface area contributed by atoms with Crippen LogP contribution in [-0.2, 0) is 9.47 Å². The molecule has 2 heterocycles. The Bertz CT molecular complexity index is 190. The summed E-state index contributed by atoms with van der Waals surface area (Å²) in [6.07, 6.45) is 7.75. The number of ether oxygens (including phenoxy) is 2. The molecule has 2 aliphatic rings. The van der Waals surface area contributed by atoms with E-state index in [-0.39, 0.29) is 0 Å². The summed E-state index contributed by atoms with van der Waals surface area (Å²) in [4.78, 5) is 0. The van der Waals surface area contributed by atoms with Gasteiger partial charge in [-0.05, 0) is 32.1 Å². The minimum Gasteiger partial charge on any atom is -0.380 e. The largest absolute Gasteiger partial charge is 0.380 e. The smallest absolute Gasteiger partial charge is 0.0619 e. The monoisotopic (exact) mass is 227 g/mol. The molecule has 0 bridgehead atoms. The van der Waals surface area contributed by atoms with Crippen molar-refractivity contribution in [3.05, 3.63) is 0 Å². The number of nitrogens with one attached hydrogen (secondary N) is 1. The molecule has 16 heavy (non-hydrogen) atoms. The lowest BCUT2D eigenvalue weighted by atomic mass is 9.98. The lowest BCUT2D eigenvalue weighted by molar-refractivity contribution is -0.0113. The molecule has 0 saturated carbocycles. The van der Waals surface area contributed by atoms with Crippen LogP contribution in [0, 0.1) is 0 Å². The van der Waals surface area contributed by atoms with E-state index in [1.54, 1.807) is 0 Å². The molecule has 94 valence electrons. The molecule has 3 atom stereocenters. The molecule has 3 unspecified atom stereocenters. The molecule has 3 nitrogen and oxygen atoms in total. The molecule has 2 saturated heterocycles. The van der Waals surface area contributed by atoms with E-state index in [0.717, 1.165) is 26.2 Å². The van der Waals surface area contributed by atoms with Crippen LogP contribution in [-0.4, -0.2) is 38.0 Å². The molecule has 0 amide bonds. The molecular formula is C13H25NO2. The van der Waals surface area contributed by atoms with Crippen molar-refractivity contribution in [2.45, 2.75) is 63.6 Å². The number of hydrogen-bond acceptors (Lipinski definition) is 3. The molecule has 0 aromatic rings. The van der Waals surface area contributed by atoms with Gasteiger partial charge in [0.15, 0.2) is 0 Å². The fraction of sp³-hybridized carbons (Fsp3) is 1.00. The highest BCUT2D eigenvalue weighted by molar-refractivity contribution is 4.81. The quantitative estimate of drug-likeness (QED) is 0.798. The van der Waals surface area contributed by atoms with Gasteiger partial charge in [0.25, 0.3) is 0 Å². The highest BCUT2D eigenvalue weighted by atomic mass is 16.5. The van der Waals surface area contributed by atoms with Crippen molar-refractivity contribution in [1.29, 1.82) is 0 Å². The minimum absolute atomic E-state index is 0.487. The Morgan fingerprint density at radius 2 is 2.12 bits per heavy atom. The average molecular weight is 227 g/mol. The maximum atomic E-state index is 5.77. The summed E-state index contributed by atoms with van der Waals surface area (Å²) in [5, 5.41) is 3.74. The molecule has 0 aliphatic carbocycles. The zero-order valence-corrected chi connectivity index (χ0v) is 10.4. The standard InChI is InChI=1S/C13H25NO2/c1-2-4-13-9-11(6-8-16-13)14-12-5-3-7-15-10-12/h11-14H,2-10H2,1H3. The lowest BCUT2D eigenvalue weighted by Crippen LogP contribution is -2.47. The Morgan fingerprint density at radius 3 is 2.88 bits per heavy atom. The predicted octanol–water partition coefficient (Wildman–Crippen LogP) is 2.10. The summed E-state index contributed by atoms with van der Waals surface area (Å²) in [7, 11) is 0. The van der Waals surface area contributed by atoms with E-state index in [1.165, 1.54) is 32.1 Å². The third-order valence-corrected chi connectivity index (χ3v) is 3.61. The Kier molecular flexibility index (Phi) is 5.07. The van der Waals surface area contributed by atoms with Gasteiger partial charge in [-0.15, -0.1) is 0 Å². The first-order valence-corrected chi connectivity index (χ1v) is 6.84. The van der Waals surface area contributed by atoms with Gasteiger partial charge in [0.2, 0.25) is 0 Å². The normalized spacial score (nSPS) is 36.2. The van der Waals surface area contributed by atoms with Gasteiger partial charge in [-0.3, -0.25) is 0 Å². The van der Waals surface area contributed by atoms with Crippen molar-refractivity contribution in [2.75, 3.05) is 19.8 Å². The average Bonchev–Trinajstić information content (AvgIpc) is 2.31. The van der Waals surface area contributed by atoms with Gasteiger partial charge in [-0.1, -0.05) is 13.3 Å². The van der Waals surface area contributed by atoms with Crippen LogP contribution in [0.3, 0.4) is 0 Å². The third kappa shape index (κ3) is 3.72. The molecule has 0 aromatic carbocycles. The van der Waals surface area contributed by atoms with Crippen molar-refractivity contribution >= 4 is 0 Å². The van der Waals surface area contributed by atoms with Gasteiger partial charge in [-0.2, -0.15) is 0 Å². The maximum absolute atomic E-state index is 5.77. The van der Waals surface area contributed by atoms with Crippen molar-refractivity contribution in [3.63, 3.8) is 0 Å². The summed E-state index contributed by atoms with van der Waals surface area (Å²) >= 11 is 0. The third-order valence-electron chi connectivity index (χ3n) is 3.61. The molecule has 2 rings (SSSR count). The van der Waals surface area contributed by atoms with Gasteiger partial charge >= 0.3 is 0 Å². The number of hydrogen-bond donors (Lipinski definition) is 1. The molecule has 3 heteroatoms. The van der Waals surface area contributed by atoms with Crippen LogP contribution in [0.1, 0.15) is 45.4 Å². The van der Waals surface area contributed by atoms with Gasteiger partial charge in [-0.25, -0.2) is 0 Å². The zero-order chi connectivity index (χ0) is 11.2. The SMILES string of the molecule is CCCC1CC(NC2CCCOC2)CCO1. The molecule has 2 fully saturated rings. The summed E-state index contributed by atoms with van der Waals surface area (Å²) in [5.41, 5.74) is 0. The molecular weight excluding hydrogens is 202 g/mol. The van der Waals surface area contributed by atoms with Crippen LogP contribution in [0.2, 0.25) is 0 Å². The van der Waals surface area contributed by atoms with Crippen LogP contribution in [0.15, 0.2) is 0 Å². The molecule has 2 aliphatic heterocycles. The van der Waals surface area contributed by atoms with Gasteiger partial charge in [0.1, 0.15) is 0 Å². The fourth-order valence-electron chi connectivity index (χ4n) is 2.76. The highest BCUT2D eigenvalue weighted by Crippen LogP contribution is 2.19. The Morgan fingerprint density at radius 1 is 1.19 bits per heavy atom. The van der Waals surface area contributed by atoms with E-state index in [9.17, 15) is 0 Å². The molecule has 0 aromatic heterocycles. The van der Waals surface area contributed by atoms with E-state index in [2.05, 4.69) is 12.2 Å². The molecule has 0 spiro atoms. The minimum atomic E-state index is 0.487. The Labute approximate surface area is 98.9 Å². The van der Waals surface area contributed by atoms with E-state index in [0.29, 0.717) is 18.2 Å². The molecule has 0 radical (unpaired) electrons. The van der Waals surface area contributed by atoms with E-state index >= 15 is 0 Å². The molecule has 1 N–H and O–H groups in total. The first-order chi connectivity index (χ1) is 7.88. The highest BCUT2D eigenvalue weighted by Gasteiger charge is 2.24. The Balaban J connectivity index is 1.71. The van der Waals surface area contributed by atoms with Crippen LogP contribution in [0.5, 0.6) is 0 Å². The van der Waals surface area contributed by atoms with Crippen molar-refractivity contribution in [2.24, 2.45) is 0 Å². The van der Waals surface area contributed by atoms with Gasteiger partial charge < -0.3 is 14.8 Å². The van der Waals surface area contributed by atoms with Crippen LogP contribution in [0.25, 0.3) is 0 Å². The van der Waals surface area contributed by atoms with Crippen LogP contribution < -0.4 is 5.32 Å². The predicted molar refractivity (Wildman–Crippen MR) is 64.6 cm³/mol. The summed E-state index contributed by atoms with van der Waals surface area (Å²) in [6, 6.07) is 1.23.